The Kier molecular flexibility index (Phi) is 5.94. The molecule has 2 N–H and O–H groups in total. The van der Waals surface area contributed by atoms with Crippen LogP contribution in [-0.4, -0.2) is 49.0 Å². The van der Waals surface area contributed by atoms with Crippen LogP contribution < -0.4 is 10.6 Å². The molecule has 10 heteroatoms. The van der Waals surface area contributed by atoms with E-state index in [-0.39, 0.29) is 29.6 Å². The number of nitrogens with one attached hydrogen (secondary N) is 2. The highest BCUT2D eigenvalue weighted by molar-refractivity contribution is 7.89. The third-order valence-electron chi connectivity index (χ3n) is 5.09. The van der Waals surface area contributed by atoms with Gasteiger partial charge in [0.2, 0.25) is 16.0 Å². The predicted molar refractivity (Wildman–Crippen MR) is 111 cm³/mol. The summed E-state index contributed by atoms with van der Waals surface area (Å²) in [6, 6.07) is 10.2. The summed E-state index contributed by atoms with van der Waals surface area (Å²) in [5, 5.41) is 14.4. The van der Waals surface area contributed by atoms with E-state index in [0.717, 1.165) is 18.4 Å². The van der Waals surface area contributed by atoms with E-state index in [9.17, 15) is 8.42 Å². The van der Waals surface area contributed by atoms with Gasteiger partial charge in [-0.1, -0.05) is 12.1 Å². The summed E-state index contributed by atoms with van der Waals surface area (Å²) in [5.41, 5.74) is 1.51. The summed E-state index contributed by atoms with van der Waals surface area (Å²) in [7, 11) is -3.54. The number of hydrogen-bond acceptors (Lipinski definition) is 6. The molecular weight excluding hydrogens is 404 g/mol. The van der Waals surface area contributed by atoms with Crippen LogP contribution in [-0.2, 0) is 21.3 Å². The lowest BCUT2D eigenvalue weighted by atomic mass is 10.2. The summed E-state index contributed by atoms with van der Waals surface area (Å²) in [6.45, 7) is 1.10. The van der Waals surface area contributed by atoms with Gasteiger partial charge >= 0.3 is 0 Å². The van der Waals surface area contributed by atoms with E-state index in [1.54, 1.807) is 48.8 Å². The van der Waals surface area contributed by atoms with Gasteiger partial charge in [-0.15, -0.1) is 0 Å². The number of aliphatic imine (C=N–C) groups is 1. The molecule has 2 aromatic rings. The van der Waals surface area contributed by atoms with E-state index in [0.29, 0.717) is 18.8 Å². The minimum Gasteiger partial charge on any atom is -0.372 e. The monoisotopic (exact) mass is 426 g/mol. The van der Waals surface area contributed by atoms with Gasteiger partial charge in [0.25, 0.3) is 0 Å². The van der Waals surface area contributed by atoms with Crippen molar-refractivity contribution in [2.75, 3.05) is 18.4 Å². The summed E-state index contributed by atoms with van der Waals surface area (Å²) < 4.78 is 33.2. The Morgan fingerprint density at radius 1 is 1.23 bits per heavy atom. The summed E-state index contributed by atoms with van der Waals surface area (Å²) in [4.78, 5) is 8.62. The normalized spacial score (nSPS) is 21.8. The molecule has 9 nitrogen and oxygen atoms in total. The Morgan fingerprint density at radius 3 is 2.60 bits per heavy atom. The molecule has 30 heavy (non-hydrogen) atoms. The molecule has 0 amide bonds. The molecule has 4 rings (SSSR count). The number of sulfonamides is 1. The molecular formula is C20H22N6O3S. The number of morpholine rings is 1. The molecule has 0 aliphatic carbocycles. The van der Waals surface area contributed by atoms with E-state index in [1.807, 2.05) is 6.19 Å². The number of hydrogen-bond donors (Lipinski definition) is 2. The second-order valence-corrected chi connectivity index (χ2v) is 9.13. The zero-order valence-corrected chi connectivity index (χ0v) is 17.0. The Balaban J connectivity index is 1.43. The first-order chi connectivity index (χ1) is 14.5. The first kappa shape index (κ1) is 20.3. The van der Waals surface area contributed by atoms with Crippen molar-refractivity contribution in [3.05, 3.63) is 54.4 Å². The maximum Gasteiger partial charge on any atom is 0.243 e. The van der Waals surface area contributed by atoms with Gasteiger partial charge in [-0.2, -0.15) is 9.57 Å². The second kappa shape index (κ2) is 8.79. The van der Waals surface area contributed by atoms with Gasteiger partial charge in [-0.05, 0) is 42.7 Å². The van der Waals surface area contributed by atoms with Gasteiger partial charge in [-0.3, -0.25) is 10.3 Å². The summed E-state index contributed by atoms with van der Waals surface area (Å²) >= 11 is 0. The standard InChI is InChI=1S/C20H22N6O3S/c21-14-24-20(25-16-2-1-9-22-11-16)23-10-15-3-7-19(8-4-15)30(27,28)26-12-17-5-6-18(13-26)29-17/h1-4,7-9,11,17-18H,5-6,10,12-13H2,(H2,23,24,25). The number of benzene rings is 1. The number of guanidine groups is 1. The van der Waals surface area contributed by atoms with Crippen LogP contribution in [0.5, 0.6) is 0 Å². The molecule has 0 spiro atoms. The lowest BCUT2D eigenvalue weighted by Crippen LogP contribution is -2.45. The third kappa shape index (κ3) is 4.59. The van der Waals surface area contributed by atoms with Crippen LogP contribution in [0, 0.1) is 11.5 Å². The van der Waals surface area contributed by atoms with Crippen molar-refractivity contribution in [2.45, 2.75) is 36.5 Å². The number of ether oxygens (including phenoxy) is 1. The second-order valence-electron chi connectivity index (χ2n) is 7.19. The summed E-state index contributed by atoms with van der Waals surface area (Å²) in [6.07, 6.45) is 6.95. The van der Waals surface area contributed by atoms with Gasteiger partial charge in [0.05, 0.1) is 35.5 Å². The maximum absolute atomic E-state index is 13.0. The summed E-state index contributed by atoms with van der Waals surface area (Å²) in [5.74, 6) is 0.283. The van der Waals surface area contributed by atoms with Crippen LogP contribution in [0.25, 0.3) is 0 Å². The van der Waals surface area contributed by atoms with Crippen LogP contribution >= 0.6 is 0 Å². The van der Waals surface area contributed by atoms with Crippen molar-refractivity contribution in [1.82, 2.24) is 14.6 Å². The Bertz CT molecular complexity index is 1040. The molecule has 2 bridgehead atoms. The maximum atomic E-state index is 13.0. The lowest BCUT2D eigenvalue weighted by Gasteiger charge is -2.31. The van der Waals surface area contributed by atoms with E-state index < -0.39 is 10.0 Å². The van der Waals surface area contributed by atoms with Gasteiger partial charge in [-0.25, -0.2) is 13.4 Å². The van der Waals surface area contributed by atoms with Crippen LogP contribution in [0.2, 0.25) is 0 Å². The van der Waals surface area contributed by atoms with Crippen molar-refractivity contribution >= 4 is 21.7 Å². The van der Waals surface area contributed by atoms with Crippen LogP contribution in [0.1, 0.15) is 18.4 Å². The molecule has 2 atom stereocenters. The highest BCUT2D eigenvalue weighted by Crippen LogP contribution is 2.30. The van der Waals surface area contributed by atoms with Crippen molar-refractivity contribution in [3.8, 4) is 6.19 Å². The topological polar surface area (TPSA) is 120 Å². The molecule has 1 aromatic carbocycles. The molecule has 2 aliphatic rings. The van der Waals surface area contributed by atoms with Crippen molar-refractivity contribution < 1.29 is 13.2 Å². The minimum atomic E-state index is -3.54. The number of nitrogens with zero attached hydrogens (tertiary/aromatic N) is 4. The Hall–Kier alpha value is -3.00. The number of fused-ring (bicyclic) bond motifs is 2. The van der Waals surface area contributed by atoms with Crippen molar-refractivity contribution in [1.29, 1.82) is 5.26 Å². The molecule has 2 unspecified atom stereocenters. The Labute approximate surface area is 175 Å². The average Bonchev–Trinajstić information content (AvgIpc) is 3.10. The van der Waals surface area contributed by atoms with Gasteiger partial charge in [0, 0.05) is 19.3 Å². The SMILES string of the molecule is N#CNC(=NCc1ccc(S(=O)(=O)N2CC3CCC(C2)O3)cc1)Nc1cccnc1. The van der Waals surface area contributed by atoms with Crippen LogP contribution in [0.15, 0.2) is 58.7 Å². The highest BCUT2D eigenvalue weighted by atomic mass is 32.2. The zero-order valence-electron chi connectivity index (χ0n) is 16.2. The fraction of sp³-hybridized carbons (Fsp3) is 0.350. The van der Waals surface area contributed by atoms with Gasteiger partial charge in [0.1, 0.15) is 0 Å². The zero-order chi connectivity index (χ0) is 21.0. The highest BCUT2D eigenvalue weighted by Gasteiger charge is 2.39. The number of aromatic nitrogens is 1. The van der Waals surface area contributed by atoms with Crippen molar-refractivity contribution in [3.63, 3.8) is 0 Å². The number of nitriles is 1. The fourth-order valence-electron chi connectivity index (χ4n) is 3.60. The molecule has 0 saturated carbocycles. The van der Waals surface area contributed by atoms with Crippen LogP contribution in [0.4, 0.5) is 5.69 Å². The molecule has 2 aliphatic heterocycles. The predicted octanol–water partition coefficient (Wildman–Crippen LogP) is 1.67. The molecule has 3 heterocycles. The molecule has 1 aromatic heterocycles. The molecule has 2 saturated heterocycles. The fourth-order valence-corrected chi connectivity index (χ4v) is 5.10. The van der Waals surface area contributed by atoms with Crippen molar-refractivity contribution in [2.24, 2.45) is 4.99 Å². The quantitative estimate of drug-likeness (QED) is 0.323. The molecule has 2 fully saturated rings. The van der Waals surface area contributed by atoms with Gasteiger partial charge < -0.3 is 10.1 Å². The smallest absolute Gasteiger partial charge is 0.243 e. The molecule has 156 valence electrons. The van der Waals surface area contributed by atoms with E-state index in [2.05, 4.69) is 20.6 Å². The lowest BCUT2D eigenvalue weighted by molar-refractivity contribution is -0.0114. The Morgan fingerprint density at radius 2 is 1.97 bits per heavy atom. The van der Waals surface area contributed by atoms with Crippen LogP contribution in [0.3, 0.4) is 0 Å². The van der Waals surface area contributed by atoms with E-state index in [1.165, 1.54) is 4.31 Å². The largest absolute Gasteiger partial charge is 0.372 e. The van der Waals surface area contributed by atoms with Gasteiger partial charge in [0.15, 0.2) is 6.19 Å². The minimum absolute atomic E-state index is 0.00510. The van der Waals surface area contributed by atoms with E-state index in [4.69, 9.17) is 10.00 Å². The number of rotatable bonds is 5. The number of anilines is 1. The first-order valence-corrected chi connectivity index (χ1v) is 11.1. The third-order valence-corrected chi connectivity index (χ3v) is 6.94. The molecule has 0 radical (unpaired) electrons. The first-order valence-electron chi connectivity index (χ1n) is 9.66. The average molecular weight is 427 g/mol. The number of pyridine rings is 1. The van der Waals surface area contributed by atoms with E-state index >= 15 is 0 Å².